The van der Waals surface area contributed by atoms with Gasteiger partial charge in [-0.2, -0.15) is 0 Å². The van der Waals surface area contributed by atoms with E-state index in [2.05, 4.69) is 15.3 Å². The van der Waals surface area contributed by atoms with Crippen molar-refractivity contribution in [2.45, 2.75) is 0 Å². The summed E-state index contributed by atoms with van der Waals surface area (Å²) in [6.07, 6.45) is 1.71. The number of hydrogen-bond donors (Lipinski definition) is 2. The van der Waals surface area contributed by atoms with E-state index in [1.54, 1.807) is 6.20 Å². The topological polar surface area (TPSA) is 83.8 Å². The van der Waals surface area contributed by atoms with E-state index in [9.17, 15) is 10.1 Å². The Labute approximate surface area is 124 Å². The molecule has 7 heteroatoms. The number of benzene rings is 1. The number of aromatic amines is 1. The quantitative estimate of drug-likeness (QED) is 0.434. The zero-order valence-corrected chi connectivity index (χ0v) is 11.6. The van der Waals surface area contributed by atoms with Crippen LogP contribution in [-0.2, 0) is 0 Å². The number of fused-ring (bicyclic) bond motifs is 1. The van der Waals surface area contributed by atoms with Crippen molar-refractivity contribution in [3.63, 3.8) is 0 Å². The number of aromatic nitrogens is 2. The van der Waals surface area contributed by atoms with Crippen molar-refractivity contribution in [3.05, 3.63) is 63.4 Å². The first-order valence-corrected chi connectivity index (χ1v) is 6.54. The van der Waals surface area contributed by atoms with Crippen molar-refractivity contribution in [1.29, 1.82) is 0 Å². The fourth-order valence-corrected chi connectivity index (χ4v) is 2.16. The maximum atomic E-state index is 11.0. The monoisotopic (exact) mass is 298 g/mol. The molecular weight excluding hydrogens is 288 g/mol. The van der Waals surface area contributed by atoms with Gasteiger partial charge in [0, 0.05) is 17.6 Å². The molecule has 0 radical (unpaired) electrons. The van der Waals surface area contributed by atoms with Crippen molar-refractivity contribution in [2.75, 3.05) is 5.32 Å². The van der Waals surface area contributed by atoms with Crippen LogP contribution in [0.3, 0.4) is 0 Å². The summed E-state index contributed by atoms with van der Waals surface area (Å²) in [5, 5.41) is 15.9. The Hall–Kier alpha value is -2.80. The standard InChI is InChI=1S/C14H10N4O2S/c19-18(20)11-5-6-13(21)17-14(11)16-12-7-9-3-1-2-4-10(9)8-15-12/h1-8H,(H2,15,16,17,21). The van der Waals surface area contributed by atoms with E-state index in [0.29, 0.717) is 10.5 Å². The van der Waals surface area contributed by atoms with Gasteiger partial charge in [-0.15, -0.1) is 0 Å². The van der Waals surface area contributed by atoms with E-state index in [0.717, 1.165) is 10.8 Å². The second kappa shape index (κ2) is 5.29. The van der Waals surface area contributed by atoms with Gasteiger partial charge in [0.25, 0.3) is 0 Å². The molecule has 104 valence electrons. The van der Waals surface area contributed by atoms with Crippen LogP contribution in [0, 0.1) is 14.8 Å². The maximum absolute atomic E-state index is 11.0. The molecule has 0 saturated carbocycles. The van der Waals surface area contributed by atoms with E-state index in [1.165, 1.54) is 12.1 Å². The summed E-state index contributed by atoms with van der Waals surface area (Å²) in [5.74, 6) is 0.726. The van der Waals surface area contributed by atoms with Crippen LogP contribution in [0.25, 0.3) is 10.8 Å². The number of nitro groups is 1. The summed E-state index contributed by atoms with van der Waals surface area (Å²) >= 11 is 5.00. The lowest BCUT2D eigenvalue weighted by molar-refractivity contribution is -0.384. The van der Waals surface area contributed by atoms with Gasteiger partial charge in [-0.25, -0.2) is 4.98 Å². The Morgan fingerprint density at radius 3 is 2.71 bits per heavy atom. The van der Waals surface area contributed by atoms with Crippen LogP contribution in [0.1, 0.15) is 0 Å². The van der Waals surface area contributed by atoms with E-state index >= 15 is 0 Å². The van der Waals surface area contributed by atoms with Crippen molar-refractivity contribution < 1.29 is 4.92 Å². The second-order valence-corrected chi connectivity index (χ2v) is 4.82. The molecule has 2 aromatic heterocycles. The molecule has 21 heavy (non-hydrogen) atoms. The van der Waals surface area contributed by atoms with Crippen LogP contribution >= 0.6 is 12.2 Å². The van der Waals surface area contributed by atoms with Gasteiger partial charge in [-0.1, -0.05) is 36.5 Å². The molecule has 0 amide bonds. The Bertz CT molecular complexity index is 891. The zero-order valence-electron chi connectivity index (χ0n) is 10.7. The number of rotatable bonds is 3. The summed E-state index contributed by atoms with van der Waals surface area (Å²) < 4.78 is 0.406. The fraction of sp³-hybridized carbons (Fsp3) is 0. The van der Waals surface area contributed by atoms with Crippen LogP contribution in [0.5, 0.6) is 0 Å². The van der Waals surface area contributed by atoms with Gasteiger partial charge in [-0.05, 0) is 17.5 Å². The fourth-order valence-electron chi connectivity index (χ4n) is 1.99. The lowest BCUT2D eigenvalue weighted by Crippen LogP contribution is -2.01. The first kappa shape index (κ1) is 13.2. The molecule has 0 atom stereocenters. The van der Waals surface area contributed by atoms with Crippen LogP contribution in [-0.4, -0.2) is 14.9 Å². The summed E-state index contributed by atoms with van der Waals surface area (Å²) in [7, 11) is 0. The first-order valence-electron chi connectivity index (χ1n) is 6.13. The Morgan fingerprint density at radius 1 is 1.19 bits per heavy atom. The SMILES string of the molecule is O=[N+]([O-])c1ccc(=S)[nH]c1Nc1cc2ccccc2cn1. The van der Waals surface area contributed by atoms with E-state index in [-0.39, 0.29) is 11.5 Å². The maximum Gasteiger partial charge on any atom is 0.309 e. The molecule has 3 aromatic rings. The van der Waals surface area contributed by atoms with Gasteiger partial charge in [-0.3, -0.25) is 10.1 Å². The highest BCUT2D eigenvalue weighted by molar-refractivity contribution is 7.71. The predicted octanol–water partition coefficient (Wildman–Crippen LogP) is 3.94. The number of H-pyrrole nitrogens is 1. The molecule has 0 aliphatic heterocycles. The molecule has 0 bridgehead atoms. The highest BCUT2D eigenvalue weighted by Gasteiger charge is 2.14. The molecule has 3 rings (SSSR count). The lowest BCUT2D eigenvalue weighted by Gasteiger charge is -2.07. The minimum atomic E-state index is -0.478. The van der Waals surface area contributed by atoms with Crippen molar-refractivity contribution in [2.24, 2.45) is 0 Å². The molecule has 0 spiro atoms. The van der Waals surface area contributed by atoms with Crippen molar-refractivity contribution >= 4 is 40.3 Å². The van der Waals surface area contributed by atoms with Gasteiger partial charge in [0.1, 0.15) is 10.5 Å². The lowest BCUT2D eigenvalue weighted by atomic mass is 10.2. The normalized spacial score (nSPS) is 10.5. The number of nitrogens with one attached hydrogen (secondary N) is 2. The third kappa shape index (κ3) is 2.72. The van der Waals surface area contributed by atoms with Gasteiger partial charge in [0.15, 0.2) is 5.82 Å². The molecule has 2 heterocycles. The zero-order chi connectivity index (χ0) is 14.8. The molecule has 0 fully saturated rings. The number of hydrogen-bond acceptors (Lipinski definition) is 5. The Morgan fingerprint density at radius 2 is 1.95 bits per heavy atom. The van der Waals surface area contributed by atoms with Crippen LogP contribution in [0.2, 0.25) is 0 Å². The third-order valence-corrected chi connectivity index (χ3v) is 3.22. The number of nitrogens with zero attached hydrogens (tertiary/aromatic N) is 2. The molecule has 0 aliphatic carbocycles. The number of anilines is 2. The molecule has 2 N–H and O–H groups in total. The molecule has 0 unspecified atom stereocenters. The predicted molar refractivity (Wildman–Crippen MR) is 83.3 cm³/mol. The Balaban J connectivity index is 2.04. The van der Waals surface area contributed by atoms with Gasteiger partial charge in [0.2, 0.25) is 0 Å². The second-order valence-electron chi connectivity index (χ2n) is 4.38. The largest absolute Gasteiger partial charge is 0.327 e. The summed E-state index contributed by atoms with van der Waals surface area (Å²) in [4.78, 5) is 17.6. The van der Waals surface area contributed by atoms with Crippen molar-refractivity contribution in [3.8, 4) is 0 Å². The van der Waals surface area contributed by atoms with E-state index in [4.69, 9.17) is 12.2 Å². The number of pyridine rings is 2. The third-order valence-electron chi connectivity index (χ3n) is 2.98. The highest BCUT2D eigenvalue weighted by Crippen LogP contribution is 2.25. The van der Waals surface area contributed by atoms with E-state index < -0.39 is 4.92 Å². The first-order chi connectivity index (χ1) is 10.1. The highest BCUT2D eigenvalue weighted by atomic mass is 32.1. The minimum absolute atomic E-state index is 0.0847. The summed E-state index contributed by atoms with van der Waals surface area (Å²) in [6.45, 7) is 0. The van der Waals surface area contributed by atoms with Crippen LogP contribution < -0.4 is 5.32 Å². The minimum Gasteiger partial charge on any atom is -0.327 e. The molecule has 1 aromatic carbocycles. The molecule has 0 saturated heterocycles. The summed E-state index contributed by atoms with van der Waals surface area (Å²) in [6, 6.07) is 12.4. The van der Waals surface area contributed by atoms with Crippen LogP contribution in [0.4, 0.5) is 17.3 Å². The molecule has 6 nitrogen and oxygen atoms in total. The summed E-state index contributed by atoms with van der Waals surface area (Å²) in [5.41, 5.74) is -0.0847. The van der Waals surface area contributed by atoms with Crippen LogP contribution in [0.15, 0.2) is 48.7 Å². The average molecular weight is 298 g/mol. The molecule has 0 aliphatic rings. The van der Waals surface area contributed by atoms with E-state index in [1.807, 2.05) is 30.3 Å². The Kier molecular flexibility index (Phi) is 3.33. The molecular formula is C14H10N4O2S. The van der Waals surface area contributed by atoms with Gasteiger partial charge in [0.05, 0.1) is 4.92 Å². The van der Waals surface area contributed by atoms with Gasteiger partial charge >= 0.3 is 5.69 Å². The smallest absolute Gasteiger partial charge is 0.309 e. The average Bonchev–Trinajstić information content (AvgIpc) is 2.47. The van der Waals surface area contributed by atoms with Gasteiger partial charge < -0.3 is 10.3 Å². The van der Waals surface area contributed by atoms with Crippen molar-refractivity contribution in [1.82, 2.24) is 9.97 Å².